The number of pyridine rings is 1. The number of nitrogens with one attached hydrogen (secondary N) is 1. The molecule has 1 amide bonds. The van der Waals surface area contributed by atoms with Crippen molar-refractivity contribution >= 4 is 29.0 Å². The van der Waals surface area contributed by atoms with E-state index in [0.717, 1.165) is 29.2 Å². The van der Waals surface area contributed by atoms with E-state index in [-0.39, 0.29) is 5.91 Å². The second-order valence-electron chi connectivity index (χ2n) is 6.84. The van der Waals surface area contributed by atoms with Crippen LogP contribution in [0, 0.1) is 0 Å². The van der Waals surface area contributed by atoms with Crippen LogP contribution in [0.15, 0.2) is 58.6 Å². The highest BCUT2D eigenvalue weighted by Crippen LogP contribution is 2.27. The Morgan fingerprint density at radius 3 is 2.75 bits per heavy atom. The first kappa shape index (κ1) is 19.2. The minimum atomic E-state index is -0.0205. The number of nitrogens with zero attached hydrogens (tertiary/aromatic N) is 2. The van der Waals surface area contributed by atoms with E-state index >= 15 is 0 Å². The van der Waals surface area contributed by atoms with E-state index in [9.17, 15) is 4.79 Å². The molecule has 2 aromatic heterocycles. The van der Waals surface area contributed by atoms with Gasteiger partial charge in [-0.2, -0.15) is 0 Å². The smallest absolute Gasteiger partial charge is 0.251 e. The topological polar surface area (TPSA) is 54.9 Å². The van der Waals surface area contributed by atoms with Crippen LogP contribution in [0.25, 0.3) is 0 Å². The third-order valence-electron chi connectivity index (χ3n) is 4.72. The van der Waals surface area contributed by atoms with E-state index < -0.39 is 0 Å². The Morgan fingerprint density at radius 2 is 1.96 bits per heavy atom. The molecule has 1 aromatic carbocycles. The molecule has 1 aliphatic rings. The molecule has 4 rings (SSSR count). The minimum absolute atomic E-state index is 0.0205. The number of rotatable bonds is 7. The number of aryl methyl sites for hydroxylation is 3. The lowest BCUT2D eigenvalue weighted by Crippen LogP contribution is -2.24. The first-order valence-electron chi connectivity index (χ1n) is 9.72. The Labute approximate surface area is 173 Å². The first-order valence-corrected chi connectivity index (χ1v) is 11.4. The molecule has 0 aliphatic heterocycles. The monoisotopic (exact) mass is 409 g/mol. The summed E-state index contributed by atoms with van der Waals surface area (Å²) in [6.07, 6.45) is 8.54. The normalized spacial score (nSPS) is 13.1. The molecule has 0 bridgehead atoms. The fourth-order valence-electron chi connectivity index (χ4n) is 3.26. The van der Waals surface area contributed by atoms with Gasteiger partial charge >= 0.3 is 0 Å². The lowest BCUT2D eigenvalue weighted by Gasteiger charge is -2.06. The summed E-state index contributed by atoms with van der Waals surface area (Å²) in [6, 6.07) is 13.5. The summed E-state index contributed by atoms with van der Waals surface area (Å²) >= 11 is 3.45. The standard InChI is InChI=1S/C22H23N3OS2/c26-22(16-10-12-17(13-11-16)27-20-8-3-4-14-23-20)24-15-5-9-21-25-18-6-1-2-7-19(18)28-21/h3-4,8,10-14H,1-2,5-7,9,15H2,(H,24,26). The Hall–Kier alpha value is -2.18. The molecule has 0 saturated carbocycles. The molecule has 0 spiro atoms. The average Bonchev–Trinajstić information content (AvgIpc) is 3.15. The van der Waals surface area contributed by atoms with Gasteiger partial charge in [0.1, 0.15) is 5.03 Å². The zero-order valence-corrected chi connectivity index (χ0v) is 17.3. The van der Waals surface area contributed by atoms with Gasteiger partial charge in [0.25, 0.3) is 5.91 Å². The van der Waals surface area contributed by atoms with Gasteiger partial charge in [0.15, 0.2) is 0 Å². The van der Waals surface area contributed by atoms with Crippen molar-refractivity contribution < 1.29 is 4.79 Å². The number of benzene rings is 1. The van der Waals surface area contributed by atoms with Crippen LogP contribution in [0.4, 0.5) is 0 Å². The Morgan fingerprint density at radius 1 is 1.11 bits per heavy atom. The number of hydrogen-bond donors (Lipinski definition) is 1. The van der Waals surface area contributed by atoms with Gasteiger partial charge in [-0.05, 0) is 68.5 Å². The molecular weight excluding hydrogens is 386 g/mol. The predicted molar refractivity (Wildman–Crippen MR) is 114 cm³/mol. The molecular formula is C22H23N3OS2. The van der Waals surface area contributed by atoms with Crippen LogP contribution in [0.5, 0.6) is 0 Å². The Bertz CT molecular complexity index is 899. The molecule has 1 aliphatic carbocycles. The van der Waals surface area contributed by atoms with Gasteiger partial charge in [-0.3, -0.25) is 4.79 Å². The highest BCUT2D eigenvalue weighted by molar-refractivity contribution is 7.99. The molecule has 0 unspecified atom stereocenters. The highest BCUT2D eigenvalue weighted by atomic mass is 32.2. The summed E-state index contributed by atoms with van der Waals surface area (Å²) < 4.78 is 0. The van der Waals surface area contributed by atoms with E-state index in [4.69, 9.17) is 4.98 Å². The molecule has 0 atom stereocenters. The van der Waals surface area contributed by atoms with Gasteiger partial charge in [0.05, 0.1) is 10.7 Å². The maximum Gasteiger partial charge on any atom is 0.251 e. The molecule has 28 heavy (non-hydrogen) atoms. The van der Waals surface area contributed by atoms with Crippen molar-refractivity contribution in [3.05, 3.63) is 69.8 Å². The number of carbonyl (C=O) groups excluding carboxylic acids is 1. The lowest BCUT2D eigenvalue weighted by atomic mass is 10.0. The SMILES string of the molecule is O=C(NCCCc1nc2c(s1)CCCC2)c1ccc(Sc2ccccn2)cc1. The Balaban J connectivity index is 1.23. The van der Waals surface area contributed by atoms with Gasteiger partial charge in [-0.1, -0.05) is 17.8 Å². The third kappa shape index (κ3) is 5.00. The van der Waals surface area contributed by atoms with E-state index in [0.29, 0.717) is 12.1 Å². The summed E-state index contributed by atoms with van der Waals surface area (Å²) in [4.78, 5) is 24.0. The largest absolute Gasteiger partial charge is 0.352 e. The van der Waals surface area contributed by atoms with Crippen molar-refractivity contribution in [2.24, 2.45) is 0 Å². The van der Waals surface area contributed by atoms with Gasteiger partial charge in [-0.25, -0.2) is 9.97 Å². The highest BCUT2D eigenvalue weighted by Gasteiger charge is 2.14. The van der Waals surface area contributed by atoms with E-state index in [1.807, 2.05) is 53.8 Å². The fraction of sp³-hybridized carbons (Fsp3) is 0.318. The molecule has 2 heterocycles. The van der Waals surface area contributed by atoms with Gasteiger partial charge < -0.3 is 5.32 Å². The number of thiazole rings is 1. The van der Waals surface area contributed by atoms with Crippen molar-refractivity contribution in [1.29, 1.82) is 0 Å². The second-order valence-corrected chi connectivity index (χ2v) is 9.10. The molecule has 0 radical (unpaired) electrons. The fourth-order valence-corrected chi connectivity index (χ4v) is 5.23. The average molecular weight is 410 g/mol. The molecule has 6 heteroatoms. The van der Waals surface area contributed by atoms with Gasteiger partial charge in [0.2, 0.25) is 0 Å². The van der Waals surface area contributed by atoms with Gasteiger partial charge in [-0.15, -0.1) is 11.3 Å². The van der Waals surface area contributed by atoms with E-state index in [2.05, 4.69) is 10.3 Å². The Kier molecular flexibility index (Phi) is 6.39. The second kappa shape index (κ2) is 9.34. The van der Waals surface area contributed by atoms with Crippen molar-refractivity contribution in [3.8, 4) is 0 Å². The maximum absolute atomic E-state index is 12.3. The summed E-state index contributed by atoms with van der Waals surface area (Å²) in [7, 11) is 0. The minimum Gasteiger partial charge on any atom is -0.352 e. The summed E-state index contributed by atoms with van der Waals surface area (Å²) in [5.41, 5.74) is 2.01. The predicted octanol–water partition coefficient (Wildman–Crippen LogP) is 4.93. The maximum atomic E-state index is 12.3. The summed E-state index contributed by atoms with van der Waals surface area (Å²) in [5.74, 6) is -0.0205. The van der Waals surface area contributed by atoms with E-state index in [1.165, 1.54) is 34.8 Å². The van der Waals surface area contributed by atoms with Crippen LogP contribution in [0.2, 0.25) is 0 Å². The molecule has 1 N–H and O–H groups in total. The van der Waals surface area contributed by atoms with Crippen molar-refractivity contribution in [2.45, 2.75) is 48.4 Å². The quantitative estimate of drug-likeness (QED) is 0.562. The molecule has 0 fully saturated rings. The van der Waals surface area contributed by atoms with Crippen LogP contribution in [0.3, 0.4) is 0 Å². The number of carbonyl (C=O) groups is 1. The van der Waals surface area contributed by atoms with Crippen molar-refractivity contribution in [3.63, 3.8) is 0 Å². The van der Waals surface area contributed by atoms with E-state index in [1.54, 1.807) is 18.0 Å². The number of amides is 1. The number of fused-ring (bicyclic) bond motifs is 1. The van der Waals surface area contributed by atoms with Crippen LogP contribution in [0.1, 0.15) is 45.2 Å². The van der Waals surface area contributed by atoms with Crippen molar-refractivity contribution in [2.75, 3.05) is 6.54 Å². The first-order chi connectivity index (χ1) is 13.8. The zero-order valence-electron chi connectivity index (χ0n) is 15.7. The number of hydrogen-bond acceptors (Lipinski definition) is 5. The van der Waals surface area contributed by atoms with Gasteiger partial charge in [0, 0.05) is 34.5 Å². The summed E-state index contributed by atoms with van der Waals surface area (Å²) in [6.45, 7) is 0.674. The van der Waals surface area contributed by atoms with Crippen LogP contribution < -0.4 is 5.32 Å². The van der Waals surface area contributed by atoms with Crippen molar-refractivity contribution in [1.82, 2.24) is 15.3 Å². The molecule has 4 nitrogen and oxygen atoms in total. The zero-order chi connectivity index (χ0) is 19.2. The summed E-state index contributed by atoms with van der Waals surface area (Å²) in [5, 5.41) is 5.19. The lowest BCUT2D eigenvalue weighted by molar-refractivity contribution is 0.0953. The third-order valence-corrected chi connectivity index (χ3v) is 6.90. The molecule has 144 valence electrons. The molecule has 0 saturated heterocycles. The van der Waals surface area contributed by atoms with Crippen LogP contribution in [-0.4, -0.2) is 22.4 Å². The number of aromatic nitrogens is 2. The van der Waals surface area contributed by atoms with Crippen LogP contribution in [-0.2, 0) is 19.3 Å². The molecule has 3 aromatic rings. The van der Waals surface area contributed by atoms with Crippen LogP contribution >= 0.6 is 23.1 Å².